The smallest absolute Gasteiger partial charge is 0.407 e. The molecule has 0 saturated carbocycles. The molecule has 5 aromatic rings. The first kappa shape index (κ1) is 41.0. The second-order valence-electron chi connectivity index (χ2n) is 13.6. The number of benzene rings is 4. The summed E-state index contributed by atoms with van der Waals surface area (Å²) in [7, 11) is 1.32. The second kappa shape index (κ2) is 19.9. The van der Waals surface area contributed by atoms with Crippen LogP contribution in [-0.4, -0.2) is 66.0 Å². The number of ether oxygens (including phenoxy) is 3. The van der Waals surface area contributed by atoms with E-state index in [1.807, 2.05) is 68.4 Å². The number of unbranched alkanes of at least 4 members (excludes halogenated alkanes) is 1. The number of carbonyl (C=O) groups is 3. The summed E-state index contributed by atoms with van der Waals surface area (Å²) in [4.78, 5) is 52.4. The predicted octanol–water partition coefficient (Wildman–Crippen LogP) is 5.66. The number of methoxy groups -OCH3 is 1. The molecule has 5 rings (SSSR count). The highest BCUT2D eigenvalue weighted by Gasteiger charge is 2.26. The monoisotopic (exact) mass is 764 g/mol. The minimum Gasteiger partial charge on any atom is -0.506 e. The summed E-state index contributed by atoms with van der Waals surface area (Å²) in [6.07, 6.45) is -0.180. The highest BCUT2D eigenvalue weighted by Crippen LogP contribution is 2.29. The van der Waals surface area contributed by atoms with Crippen molar-refractivity contribution in [3.8, 4) is 11.5 Å². The number of aromatic amines is 1. The van der Waals surface area contributed by atoms with Crippen molar-refractivity contribution in [1.29, 1.82) is 0 Å². The number of phenols is 1. The van der Waals surface area contributed by atoms with Crippen molar-refractivity contribution in [3.05, 3.63) is 141 Å². The Hall–Kier alpha value is -6.18. The summed E-state index contributed by atoms with van der Waals surface area (Å²) < 4.78 is 16.4. The van der Waals surface area contributed by atoms with E-state index in [1.165, 1.54) is 19.2 Å². The number of aromatic hydroxyl groups is 1. The molecular weight excluding hydrogens is 716 g/mol. The number of nitrogens with one attached hydrogen (secondary N) is 4. The Morgan fingerprint density at radius 3 is 2.32 bits per heavy atom. The van der Waals surface area contributed by atoms with Gasteiger partial charge in [0.25, 0.3) is 5.91 Å². The van der Waals surface area contributed by atoms with Crippen LogP contribution in [-0.2, 0) is 20.9 Å². The molecule has 1 aromatic heterocycles. The molecule has 1 heterocycles. The molecule has 0 saturated heterocycles. The van der Waals surface area contributed by atoms with Gasteiger partial charge >= 0.3 is 12.1 Å². The number of pyridine rings is 1. The minimum absolute atomic E-state index is 0.0714. The highest BCUT2D eigenvalue weighted by atomic mass is 16.5. The van der Waals surface area contributed by atoms with Crippen molar-refractivity contribution in [1.82, 2.24) is 20.9 Å². The molecule has 13 heteroatoms. The fourth-order valence-electron chi connectivity index (χ4n) is 6.12. The summed E-state index contributed by atoms with van der Waals surface area (Å²) in [6.45, 7) is 4.88. The van der Waals surface area contributed by atoms with Crippen molar-refractivity contribution < 1.29 is 38.8 Å². The van der Waals surface area contributed by atoms with Gasteiger partial charge in [-0.3, -0.25) is 9.59 Å². The molecule has 0 aliphatic rings. The normalized spacial score (nSPS) is 12.7. The average Bonchev–Trinajstić information content (AvgIpc) is 3.21. The topological polar surface area (TPSA) is 188 Å². The molecule has 0 bridgehead atoms. The van der Waals surface area contributed by atoms with Crippen molar-refractivity contribution in [3.63, 3.8) is 0 Å². The van der Waals surface area contributed by atoms with Gasteiger partial charge in [-0.15, -0.1) is 0 Å². The standard InChI is InChI=1S/C43H48N4O9/c1-27(2)38(42(52)55-23-8-7-22-44-25-36(49)33-18-20-35(48)40-34(33)19-21-37(50)45-40)46-41(51)30-16-14-28(15-17-30)26-56-32-13-9-12-31(24-32)39(47-43(53)54-3)29-10-5-4-6-11-29/h4-6,9-21,24,27,36,38-39,44,48-49H,7-8,22-23,25-26H2,1-3H3,(H,45,50)(H,46,51)(H,47,53). The molecule has 0 aliphatic heterocycles. The van der Waals surface area contributed by atoms with E-state index in [4.69, 9.17) is 14.2 Å². The van der Waals surface area contributed by atoms with Gasteiger partial charge in [0.15, 0.2) is 0 Å². The number of aliphatic hydroxyl groups is 1. The number of fused-ring (bicyclic) bond motifs is 1. The molecule has 13 nitrogen and oxygen atoms in total. The molecule has 0 spiro atoms. The first-order valence-corrected chi connectivity index (χ1v) is 18.5. The molecule has 2 amide bonds. The average molecular weight is 765 g/mol. The van der Waals surface area contributed by atoms with Gasteiger partial charge in [-0.2, -0.15) is 0 Å². The Bertz CT molecular complexity index is 2140. The lowest BCUT2D eigenvalue weighted by Gasteiger charge is -2.21. The lowest BCUT2D eigenvalue weighted by atomic mass is 9.98. The summed E-state index contributed by atoms with van der Waals surface area (Å²) in [5.74, 6) is -0.599. The van der Waals surface area contributed by atoms with E-state index in [2.05, 4.69) is 20.9 Å². The maximum Gasteiger partial charge on any atom is 0.407 e. The zero-order chi connectivity index (χ0) is 40.0. The van der Waals surface area contributed by atoms with Crippen molar-refractivity contribution in [2.75, 3.05) is 26.8 Å². The molecule has 56 heavy (non-hydrogen) atoms. The van der Waals surface area contributed by atoms with Gasteiger partial charge in [0.2, 0.25) is 5.56 Å². The first-order valence-electron chi connectivity index (χ1n) is 18.5. The number of aromatic nitrogens is 1. The van der Waals surface area contributed by atoms with Gasteiger partial charge in [-0.1, -0.05) is 74.5 Å². The minimum atomic E-state index is -0.872. The lowest BCUT2D eigenvalue weighted by molar-refractivity contribution is -0.147. The van der Waals surface area contributed by atoms with Crippen LogP contribution in [0.4, 0.5) is 4.79 Å². The third-order valence-corrected chi connectivity index (χ3v) is 9.20. The largest absolute Gasteiger partial charge is 0.506 e. The number of phenolic OH excluding ortho intramolecular Hbond substituents is 1. The van der Waals surface area contributed by atoms with Gasteiger partial charge in [-0.25, -0.2) is 9.59 Å². The quantitative estimate of drug-likeness (QED) is 0.0480. The molecule has 0 aliphatic carbocycles. The molecule has 4 aromatic carbocycles. The second-order valence-corrected chi connectivity index (χ2v) is 13.6. The van der Waals surface area contributed by atoms with E-state index >= 15 is 0 Å². The van der Waals surface area contributed by atoms with E-state index in [0.717, 1.165) is 16.7 Å². The lowest BCUT2D eigenvalue weighted by Crippen LogP contribution is -2.45. The zero-order valence-electron chi connectivity index (χ0n) is 31.6. The summed E-state index contributed by atoms with van der Waals surface area (Å²) in [6, 6.07) is 28.6. The SMILES string of the molecule is COC(=O)NC(c1ccccc1)c1cccc(OCc2ccc(C(=O)NC(C(=O)OCCCCNCC(O)c3ccc(O)c4[nH]c(=O)ccc34)C(C)C)cc2)c1. The van der Waals surface area contributed by atoms with E-state index in [9.17, 15) is 29.4 Å². The summed E-state index contributed by atoms with van der Waals surface area (Å²) in [5, 5.41) is 30.2. The van der Waals surface area contributed by atoms with Crippen LogP contribution in [0.5, 0.6) is 11.5 Å². The number of aliphatic hydroxyl groups excluding tert-OH is 1. The van der Waals surface area contributed by atoms with E-state index in [1.54, 1.807) is 36.4 Å². The number of H-pyrrole nitrogens is 1. The van der Waals surface area contributed by atoms with Crippen LogP contribution < -0.4 is 26.2 Å². The Morgan fingerprint density at radius 1 is 0.839 bits per heavy atom. The number of hydrogen-bond acceptors (Lipinski definition) is 10. The third-order valence-electron chi connectivity index (χ3n) is 9.20. The van der Waals surface area contributed by atoms with Crippen LogP contribution in [0, 0.1) is 5.92 Å². The Morgan fingerprint density at radius 2 is 1.59 bits per heavy atom. The van der Waals surface area contributed by atoms with Crippen LogP contribution in [0.3, 0.4) is 0 Å². The number of hydrogen-bond donors (Lipinski definition) is 6. The number of rotatable bonds is 18. The molecule has 0 fully saturated rings. The maximum atomic E-state index is 13.1. The molecule has 294 valence electrons. The number of amides is 2. The molecule has 6 N–H and O–H groups in total. The van der Waals surface area contributed by atoms with Crippen molar-refractivity contribution in [2.45, 2.75) is 51.5 Å². The first-order chi connectivity index (χ1) is 27.0. The van der Waals surface area contributed by atoms with Crippen molar-refractivity contribution >= 4 is 28.9 Å². The van der Waals surface area contributed by atoms with Gasteiger partial charge in [0, 0.05) is 23.6 Å². The number of carbonyl (C=O) groups excluding carboxylic acids is 3. The van der Waals surface area contributed by atoms with E-state index in [-0.39, 0.29) is 42.5 Å². The van der Waals surface area contributed by atoms with Crippen LogP contribution >= 0.6 is 0 Å². The number of alkyl carbamates (subject to hydrolysis) is 1. The predicted molar refractivity (Wildman–Crippen MR) is 211 cm³/mol. The maximum absolute atomic E-state index is 13.1. The zero-order valence-corrected chi connectivity index (χ0v) is 31.6. The van der Waals surface area contributed by atoms with E-state index < -0.39 is 36.2 Å². The van der Waals surface area contributed by atoms with Crippen LogP contribution in [0.2, 0.25) is 0 Å². The summed E-state index contributed by atoms with van der Waals surface area (Å²) >= 11 is 0. The van der Waals surface area contributed by atoms with Crippen LogP contribution in [0.15, 0.2) is 108 Å². The fourth-order valence-corrected chi connectivity index (χ4v) is 6.12. The number of esters is 1. The Balaban J connectivity index is 1.05. The fraction of sp³-hybridized carbons (Fsp3) is 0.302. The third kappa shape index (κ3) is 11.2. The van der Waals surface area contributed by atoms with Crippen LogP contribution in [0.1, 0.15) is 71.4 Å². The summed E-state index contributed by atoms with van der Waals surface area (Å²) in [5.41, 5.74) is 3.42. The Labute approximate surface area is 325 Å². The molecular formula is C43H48N4O9. The van der Waals surface area contributed by atoms with Gasteiger partial charge in [0.1, 0.15) is 24.1 Å². The van der Waals surface area contributed by atoms with Gasteiger partial charge in [0.05, 0.1) is 31.4 Å². The Kier molecular flexibility index (Phi) is 14.6. The highest BCUT2D eigenvalue weighted by molar-refractivity contribution is 5.96. The molecule has 3 unspecified atom stereocenters. The van der Waals surface area contributed by atoms with Crippen LogP contribution in [0.25, 0.3) is 10.9 Å². The van der Waals surface area contributed by atoms with Crippen molar-refractivity contribution in [2.24, 2.45) is 5.92 Å². The van der Waals surface area contributed by atoms with E-state index in [0.29, 0.717) is 41.6 Å². The molecule has 3 atom stereocenters. The van der Waals surface area contributed by atoms with Gasteiger partial charge < -0.3 is 45.4 Å². The van der Waals surface area contributed by atoms with Gasteiger partial charge in [-0.05, 0) is 84.0 Å². The molecule has 0 radical (unpaired) electrons.